The lowest BCUT2D eigenvalue weighted by Gasteiger charge is -2.40. The number of hydrogen-bond donors (Lipinski definition) is 4. The number of allylic oxidation sites excluding steroid dienone is 3. The fraction of sp³-hybridized carbons (Fsp3) is 0.737. The van der Waals surface area contributed by atoms with Crippen molar-refractivity contribution in [3.05, 3.63) is 23.8 Å². The van der Waals surface area contributed by atoms with Crippen LogP contribution >= 0.6 is 0 Å². The van der Waals surface area contributed by atoms with Crippen molar-refractivity contribution < 1.29 is 34.7 Å². The highest BCUT2D eigenvalue weighted by atomic mass is 16.7. The van der Waals surface area contributed by atoms with E-state index >= 15 is 0 Å². The number of ether oxygens (including phenoxy) is 2. The number of carbonyl (C=O) groups is 1. The Labute approximate surface area is 153 Å². The number of hydrogen-bond acceptors (Lipinski definition) is 7. The molecule has 0 aromatic heterocycles. The quantitative estimate of drug-likeness (QED) is 0.515. The predicted molar refractivity (Wildman–Crippen MR) is 94.1 cm³/mol. The van der Waals surface area contributed by atoms with Gasteiger partial charge in [0.05, 0.1) is 12.7 Å². The Bertz CT molecular complexity index is 566. The van der Waals surface area contributed by atoms with E-state index in [2.05, 4.69) is 0 Å². The zero-order chi connectivity index (χ0) is 19.6. The Kier molecular flexibility index (Phi) is 6.76. The van der Waals surface area contributed by atoms with Crippen molar-refractivity contribution >= 4 is 5.78 Å². The first-order chi connectivity index (χ1) is 12.1. The maximum Gasteiger partial charge on any atom is 0.187 e. The lowest BCUT2D eigenvalue weighted by Crippen LogP contribution is -2.59. The third-order valence-electron chi connectivity index (χ3n) is 5.12. The average Bonchev–Trinajstić information content (AvgIpc) is 2.53. The minimum Gasteiger partial charge on any atom is -0.394 e. The van der Waals surface area contributed by atoms with E-state index in [4.69, 9.17) is 9.47 Å². The summed E-state index contributed by atoms with van der Waals surface area (Å²) >= 11 is 0. The lowest BCUT2D eigenvalue weighted by atomic mass is 9.68. The molecular formula is C19H30O7. The summed E-state index contributed by atoms with van der Waals surface area (Å²) in [5.41, 5.74) is 0.789. The molecular weight excluding hydrogens is 340 g/mol. The molecule has 7 atom stereocenters. The van der Waals surface area contributed by atoms with E-state index in [-0.39, 0.29) is 17.1 Å². The van der Waals surface area contributed by atoms with Crippen LogP contribution in [0.2, 0.25) is 0 Å². The molecule has 0 aromatic carbocycles. The molecule has 148 valence electrons. The molecule has 26 heavy (non-hydrogen) atoms. The van der Waals surface area contributed by atoms with Gasteiger partial charge in [0.1, 0.15) is 24.4 Å². The zero-order valence-corrected chi connectivity index (χ0v) is 15.7. The highest BCUT2D eigenvalue weighted by Crippen LogP contribution is 2.40. The SMILES string of the molecule is CC1=CC(=O)CC(C)(C)[C@H]1C=C[C@@H](C)O[C@@H]1O[C@H](CO)[C@@H](O)[C@H](O)[C@H]1O. The standard InChI is InChI=1S/C19H30O7/c1-10-7-12(21)8-19(3,4)13(10)6-5-11(2)25-18-17(24)16(23)15(22)14(9-20)26-18/h5-7,11,13-18,20,22-24H,8-9H2,1-4H3/t11-,13+,14-,15-,16+,17-,18-/m1/s1. The van der Waals surface area contributed by atoms with Gasteiger partial charge in [-0.1, -0.05) is 31.6 Å². The van der Waals surface area contributed by atoms with Gasteiger partial charge < -0.3 is 29.9 Å². The number of aliphatic hydroxyl groups is 4. The van der Waals surface area contributed by atoms with Crippen LogP contribution in [-0.4, -0.2) is 69.6 Å². The minimum atomic E-state index is -1.46. The van der Waals surface area contributed by atoms with Crippen molar-refractivity contribution in [1.29, 1.82) is 0 Å². The number of ketones is 1. The summed E-state index contributed by atoms with van der Waals surface area (Å²) in [6.45, 7) is 7.28. The fourth-order valence-corrected chi connectivity index (χ4v) is 3.69. The molecule has 2 rings (SSSR count). The number of carbonyl (C=O) groups excluding carboxylic acids is 1. The van der Waals surface area contributed by atoms with Crippen LogP contribution in [0.3, 0.4) is 0 Å². The maximum atomic E-state index is 11.8. The summed E-state index contributed by atoms with van der Waals surface area (Å²) in [4.78, 5) is 11.8. The van der Waals surface area contributed by atoms with Crippen LogP contribution in [0.4, 0.5) is 0 Å². The Hall–Kier alpha value is -1.09. The molecule has 0 bridgehead atoms. The Morgan fingerprint density at radius 3 is 2.54 bits per heavy atom. The van der Waals surface area contributed by atoms with Gasteiger partial charge in [0, 0.05) is 12.3 Å². The van der Waals surface area contributed by atoms with Gasteiger partial charge in [-0.25, -0.2) is 0 Å². The van der Waals surface area contributed by atoms with Crippen LogP contribution in [0.1, 0.15) is 34.1 Å². The van der Waals surface area contributed by atoms with Gasteiger partial charge in [0.15, 0.2) is 12.1 Å². The second-order valence-electron chi connectivity index (χ2n) is 7.92. The van der Waals surface area contributed by atoms with Crippen molar-refractivity contribution in [3.63, 3.8) is 0 Å². The molecule has 1 aliphatic carbocycles. The maximum absolute atomic E-state index is 11.8. The van der Waals surface area contributed by atoms with Gasteiger partial charge in [-0.3, -0.25) is 4.79 Å². The number of rotatable bonds is 5. The van der Waals surface area contributed by atoms with Crippen molar-refractivity contribution in [2.75, 3.05) is 6.61 Å². The normalized spacial score (nSPS) is 39.1. The Morgan fingerprint density at radius 1 is 1.31 bits per heavy atom. The van der Waals surface area contributed by atoms with Crippen molar-refractivity contribution in [2.24, 2.45) is 11.3 Å². The molecule has 2 aliphatic rings. The molecule has 1 heterocycles. The van der Waals surface area contributed by atoms with Gasteiger partial charge in [-0.2, -0.15) is 0 Å². The van der Waals surface area contributed by atoms with Gasteiger partial charge >= 0.3 is 0 Å². The Morgan fingerprint density at radius 2 is 1.96 bits per heavy atom. The van der Waals surface area contributed by atoms with Crippen LogP contribution in [0.5, 0.6) is 0 Å². The van der Waals surface area contributed by atoms with Crippen molar-refractivity contribution in [3.8, 4) is 0 Å². The molecule has 0 saturated carbocycles. The number of aliphatic hydroxyl groups excluding tert-OH is 4. The highest BCUT2D eigenvalue weighted by molar-refractivity contribution is 5.92. The van der Waals surface area contributed by atoms with E-state index < -0.39 is 43.4 Å². The Balaban J connectivity index is 2.03. The van der Waals surface area contributed by atoms with E-state index in [9.17, 15) is 25.2 Å². The van der Waals surface area contributed by atoms with Crippen molar-refractivity contribution in [2.45, 2.75) is 70.9 Å². The first kappa shape index (κ1) is 21.2. The first-order valence-corrected chi connectivity index (χ1v) is 8.92. The third kappa shape index (κ3) is 4.60. The monoisotopic (exact) mass is 370 g/mol. The van der Waals surface area contributed by atoms with E-state index in [1.165, 1.54) is 0 Å². The molecule has 1 fully saturated rings. The van der Waals surface area contributed by atoms with E-state index in [0.717, 1.165) is 5.57 Å². The third-order valence-corrected chi connectivity index (χ3v) is 5.12. The summed E-state index contributed by atoms with van der Waals surface area (Å²) in [5, 5.41) is 38.9. The molecule has 0 aromatic rings. The zero-order valence-electron chi connectivity index (χ0n) is 15.7. The lowest BCUT2D eigenvalue weighted by molar-refractivity contribution is -0.306. The summed E-state index contributed by atoms with van der Waals surface area (Å²) < 4.78 is 11.0. The molecule has 1 saturated heterocycles. The van der Waals surface area contributed by atoms with E-state index in [0.29, 0.717) is 6.42 Å². The van der Waals surface area contributed by atoms with Crippen LogP contribution in [0.15, 0.2) is 23.8 Å². The van der Waals surface area contributed by atoms with Gasteiger partial charge in [0.25, 0.3) is 0 Å². The first-order valence-electron chi connectivity index (χ1n) is 8.92. The molecule has 0 spiro atoms. The summed E-state index contributed by atoms with van der Waals surface area (Å²) in [6, 6.07) is 0. The summed E-state index contributed by atoms with van der Waals surface area (Å²) in [6.07, 6.45) is -0.958. The molecule has 4 N–H and O–H groups in total. The molecule has 7 nitrogen and oxygen atoms in total. The minimum absolute atomic E-state index is 0.0843. The van der Waals surface area contributed by atoms with Crippen LogP contribution in [-0.2, 0) is 14.3 Å². The van der Waals surface area contributed by atoms with Crippen LogP contribution in [0.25, 0.3) is 0 Å². The average molecular weight is 370 g/mol. The second kappa shape index (κ2) is 8.29. The van der Waals surface area contributed by atoms with E-state index in [1.807, 2.05) is 32.9 Å². The largest absolute Gasteiger partial charge is 0.394 e. The fourth-order valence-electron chi connectivity index (χ4n) is 3.69. The van der Waals surface area contributed by atoms with Crippen molar-refractivity contribution in [1.82, 2.24) is 0 Å². The van der Waals surface area contributed by atoms with E-state index in [1.54, 1.807) is 13.0 Å². The summed E-state index contributed by atoms with van der Waals surface area (Å²) in [5.74, 6) is 0.212. The molecule has 0 unspecified atom stereocenters. The molecule has 0 radical (unpaired) electrons. The predicted octanol–water partition coefficient (Wildman–Crippen LogP) is 0.309. The van der Waals surface area contributed by atoms with Crippen LogP contribution in [0, 0.1) is 11.3 Å². The smallest absolute Gasteiger partial charge is 0.187 e. The van der Waals surface area contributed by atoms with Crippen LogP contribution < -0.4 is 0 Å². The second-order valence-corrected chi connectivity index (χ2v) is 7.92. The highest BCUT2D eigenvalue weighted by Gasteiger charge is 2.44. The molecule has 7 heteroatoms. The van der Waals surface area contributed by atoms with Gasteiger partial charge in [0.2, 0.25) is 0 Å². The van der Waals surface area contributed by atoms with Gasteiger partial charge in [-0.05, 0) is 25.3 Å². The topological polar surface area (TPSA) is 116 Å². The molecule has 0 amide bonds. The summed E-state index contributed by atoms with van der Waals surface area (Å²) in [7, 11) is 0. The van der Waals surface area contributed by atoms with Gasteiger partial charge in [-0.15, -0.1) is 0 Å². The molecule has 1 aliphatic heterocycles.